The molecule has 0 saturated carbocycles. The predicted octanol–water partition coefficient (Wildman–Crippen LogP) is 3.21. The Bertz CT molecular complexity index is 1390. The second kappa shape index (κ2) is 7.16. The normalized spacial score (nSPS) is 11.8. The maximum atomic E-state index is 12.7. The molecule has 1 N–H and O–H groups in total. The van der Waals surface area contributed by atoms with Crippen LogP contribution in [0.3, 0.4) is 0 Å². The smallest absolute Gasteiger partial charge is 0.408 e. The van der Waals surface area contributed by atoms with E-state index in [0.29, 0.717) is 22.9 Å². The van der Waals surface area contributed by atoms with Crippen LogP contribution in [-0.2, 0) is 16.6 Å². The summed E-state index contributed by atoms with van der Waals surface area (Å²) in [7, 11) is -3.87. The van der Waals surface area contributed by atoms with E-state index < -0.39 is 15.8 Å². The summed E-state index contributed by atoms with van der Waals surface area (Å²) in [5.41, 5.74) is 1.89. The number of aryl methyl sites for hydroxylation is 2. The van der Waals surface area contributed by atoms with Gasteiger partial charge < -0.3 is 8.94 Å². The van der Waals surface area contributed by atoms with Crippen molar-refractivity contribution in [3.8, 4) is 0 Å². The van der Waals surface area contributed by atoms with Gasteiger partial charge in [0.25, 0.3) is 10.0 Å². The van der Waals surface area contributed by atoms with E-state index in [9.17, 15) is 13.2 Å². The van der Waals surface area contributed by atoms with Crippen LogP contribution in [0.5, 0.6) is 0 Å². The Hall–Kier alpha value is -2.92. The second-order valence-electron chi connectivity index (χ2n) is 6.38. The van der Waals surface area contributed by atoms with E-state index in [4.69, 9.17) is 8.94 Å². The molecule has 4 rings (SSSR count). The summed E-state index contributed by atoms with van der Waals surface area (Å²) in [4.78, 5) is 16.2. The zero-order valence-corrected chi connectivity index (χ0v) is 17.7. The number of halogens is 1. The van der Waals surface area contributed by atoms with Crippen LogP contribution < -0.4 is 10.5 Å². The molecule has 0 bridgehead atoms. The van der Waals surface area contributed by atoms with E-state index in [2.05, 4.69) is 30.8 Å². The fourth-order valence-electron chi connectivity index (χ4n) is 2.83. The molecule has 0 aliphatic heterocycles. The number of hydrogen-bond acceptors (Lipinski definition) is 7. The lowest BCUT2D eigenvalue weighted by atomic mass is 10.2. The average Bonchev–Trinajstić information content (AvgIpc) is 3.21. The number of anilines is 1. The Morgan fingerprint density at radius 3 is 2.66 bits per heavy atom. The number of fused-ring (bicyclic) bond motifs is 1. The molecule has 0 spiro atoms. The van der Waals surface area contributed by atoms with Gasteiger partial charge in [-0.15, -0.1) is 0 Å². The molecule has 150 valence electrons. The van der Waals surface area contributed by atoms with Crippen molar-refractivity contribution in [1.82, 2.24) is 14.7 Å². The fourth-order valence-corrected chi connectivity index (χ4v) is 4.14. The minimum absolute atomic E-state index is 0.0260. The van der Waals surface area contributed by atoms with E-state index >= 15 is 0 Å². The van der Waals surface area contributed by atoms with E-state index in [-0.39, 0.29) is 17.0 Å². The Morgan fingerprint density at radius 1 is 1.17 bits per heavy atom. The van der Waals surface area contributed by atoms with Crippen LogP contribution in [0.4, 0.5) is 5.69 Å². The second-order valence-corrected chi connectivity index (χ2v) is 8.92. The third-order valence-electron chi connectivity index (χ3n) is 4.23. The summed E-state index contributed by atoms with van der Waals surface area (Å²) >= 11 is 3.38. The standard InChI is InChI=1S/C18H15BrN4O5S/c1-10-7-12(3-5-14(10)19)22-29(25,26)13-4-6-15-16(8-13)27-18(24)23(15)9-17-20-11(2)28-21-17/h3-8,22H,9H2,1-2H3. The molecule has 0 fully saturated rings. The van der Waals surface area contributed by atoms with Crippen LogP contribution in [0.2, 0.25) is 0 Å². The van der Waals surface area contributed by atoms with Crippen molar-refractivity contribution >= 4 is 42.7 Å². The van der Waals surface area contributed by atoms with Crippen molar-refractivity contribution in [2.24, 2.45) is 0 Å². The summed E-state index contributed by atoms with van der Waals surface area (Å²) in [5.74, 6) is 0.0493. The number of nitrogens with one attached hydrogen (secondary N) is 1. The SMILES string of the molecule is Cc1nc(Cn2c(=O)oc3cc(S(=O)(=O)Nc4ccc(Br)c(C)c4)ccc32)no1. The molecule has 0 radical (unpaired) electrons. The zero-order chi connectivity index (χ0) is 20.8. The van der Waals surface area contributed by atoms with Crippen LogP contribution >= 0.6 is 15.9 Å². The minimum atomic E-state index is -3.87. The topological polar surface area (TPSA) is 120 Å². The lowest BCUT2D eigenvalue weighted by Crippen LogP contribution is -2.15. The molecular formula is C18H15BrN4O5S. The first kappa shape index (κ1) is 19.4. The first-order valence-corrected chi connectivity index (χ1v) is 10.7. The summed E-state index contributed by atoms with van der Waals surface area (Å²) in [6, 6.07) is 9.34. The first-order chi connectivity index (χ1) is 13.7. The van der Waals surface area contributed by atoms with Crippen LogP contribution in [0, 0.1) is 13.8 Å². The third kappa shape index (κ3) is 3.83. The largest absolute Gasteiger partial charge is 0.420 e. The lowest BCUT2D eigenvalue weighted by molar-refractivity contribution is 0.385. The number of nitrogens with zero attached hydrogens (tertiary/aromatic N) is 3. The number of oxazole rings is 1. The van der Waals surface area contributed by atoms with Crippen LogP contribution in [-0.4, -0.2) is 23.1 Å². The van der Waals surface area contributed by atoms with Gasteiger partial charge in [0, 0.05) is 23.2 Å². The number of benzene rings is 2. The molecule has 0 saturated heterocycles. The molecule has 0 aliphatic carbocycles. The molecule has 0 amide bonds. The Labute approximate surface area is 173 Å². The molecular weight excluding hydrogens is 464 g/mol. The maximum absolute atomic E-state index is 12.7. The van der Waals surface area contributed by atoms with Crippen molar-refractivity contribution in [3.05, 3.63) is 68.7 Å². The number of aromatic nitrogens is 3. The van der Waals surface area contributed by atoms with Crippen LogP contribution in [0.25, 0.3) is 11.1 Å². The highest BCUT2D eigenvalue weighted by molar-refractivity contribution is 9.10. The highest BCUT2D eigenvalue weighted by Gasteiger charge is 2.19. The molecule has 29 heavy (non-hydrogen) atoms. The van der Waals surface area contributed by atoms with Gasteiger partial charge in [0.15, 0.2) is 11.4 Å². The molecule has 2 heterocycles. The van der Waals surface area contributed by atoms with Crippen molar-refractivity contribution in [2.75, 3.05) is 4.72 Å². The maximum Gasteiger partial charge on any atom is 0.420 e. The van der Waals surface area contributed by atoms with Gasteiger partial charge in [0.2, 0.25) is 5.89 Å². The highest BCUT2D eigenvalue weighted by Crippen LogP contribution is 2.24. The van der Waals surface area contributed by atoms with E-state index in [1.165, 1.54) is 22.8 Å². The number of sulfonamides is 1. The molecule has 4 aromatic rings. The molecule has 0 aliphatic rings. The lowest BCUT2D eigenvalue weighted by Gasteiger charge is -2.09. The summed E-state index contributed by atoms with van der Waals surface area (Å²) in [5, 5.41) is 3.76. The molecule has 0 unspecified atom stereocenters. The monoisotopic (exact) mass is 478 g/mol. The van der Waals surface area contributed by atoms with E-state index in [0.717, 1.165) is 10.0 Å². The van der Waals surface area contributed by atoms with Gasteiger partial charge in [0.05, 0.1) is 17.0 Å². The highest BCUT2D eigenvalue weighted by atomic mass is 79.9. The molecule has 9 nitrogen and oxygen atoms in total. The number of hydrogen-bond donors (Lipinski definition) is 1. The zero-order valence-electron chi connectivity index (χ0n) is 15.3. The number of rotatable bonds is 5. The van der Waals surface area contributed by atoms with E-state index in [1.54, 1.807) is 25.1 Å². The van der Waals surface area contributed by atoms with Crippen molar-refractivity contribution in [2.45, 2.75) is 25.3 Å². The van der Waals surface area contributed by atoms with E-state index in [1.807, 2.05) is 6.92 Å². The van der Waals surface area contributed by atoms with Crippen molar-refractivity contribution in [1.29, 1.82) is 0 Å². The molecule has 2 aromatic heterocycles. The van der Waals surface area contributed by atoms with Gasteiger partial charge in [-0.05, 0) is 42.8 Å². The Balaban J connectivity index is 1.68. The minimum Gasteiger partial charge on any atom is -0.408 e. The Morgan fingerprint density at radius 2 is 1.97 bits per heavy atom. The fraction of sp³-hybridized carbons (Fsp3) is 0.167. The van der Waals surface area contributed by atoms with Gasteiger partial charge >= 0.3 is 5.76 Å². The Kier molecular flexibility index (Phi) is 4.79. The van der Waals surface area contributed by atoms with Gasteiger partial charge in [-0.3, -0.25) is 9.29 Å². The third-order valence-corrected chi connectivity index (χ3v) is 6.50. The molecule has 11 heteroatoms. The summed E-state index contributed by atoms with van der Waals surface area (Å²) in [6.07, 6.45) is 0. The average molecular weight is 479 g/mol. The first-order valence-electron chi connectivity index (χ1n) is 8.44. The summed E-state index contributed by atoms with van der Waals surface area (Å²) < 4.78 is 40.3. The van der Waals surface area contributed by atoms with Gasteiger partial charge in [0.1, 0.15) is 0 Å². The van der Waals surface area contributed by atoms with Crippen LogP contribution in [0.1, 0.15) is 17.3 Å². The van der Waals surface area contributed by atoms with Crippen LogP contribution in [0.15, 0.2) is 59.5 Å². The predicted molar refractivity (Wildman–Crippen MR) is 108 cm³/mol. The van der Waals surface area contributed by atoms with Gasteiger partial charge in [-0.25, -0.2) is 13.2 Å². The quantitative estimate of drug-likeness (QED) is 0.467. The summed E-state index contributed by atoms with van der Waals surface area (Å²) in [6.45, 7) is 3.55. The molecule has 0 atom stereocenters. The van der Waals surface area contributed by atoms with Crippen molar-refractivity contribution < 1.29 is 17.4 Å². The van der Waals surface area contributed by atoms with Gasteiger partial charge in [-0.1, -0.05) is 21.1 Å². The molecule has 2 aromatic carbocycles. The van der Waals surface area contributed by atoms with Gasteiger partial charge in [-0.2, -0.15) is 4.98 Å². The van der Waals surface area contributed by atoms with Crippen molar-refractivity contribution in [3.63, 3.8) is 0 Å².